The molecule has 4 N–H and O–H groups in total. The molecular formula is C10H17N3OS. The van der Waals surface area contributed by atoms with Crippen LogP contribution in [0.2, 0.25) is 0 Å². The quantitative estimate of drug-likeness (QED) is 0.738. The maximum atomic E-state index is 10.8. The monoisotopic (exact) mass is 227 g/mol. The predicted octanol–water partition coefficient (Wildman–Crippen LogP) is 0.383. The standard InChI is InChI=1S/C10H17N3OS/c1-2-13(7-9(11)10(12)14)6-8-4-3-5-15-8/h3-5,9H,2,6-7,11H2,1H3,(H2,12,14). The van der Waals surface area contributed by atoms with Gasteiger partial charge >= 0.3 is 0 Å². The van der Waals surface area contributed by atoms with Crippen molar-refractivity contribution in [2.45, 2.75) is 19.5 Å². The second-order valence-electron chi connectivity index (χ2n) is 3.42. The molecule has 1 heterocycles. The Morgan fingerprint density at radius 1 is 1.67 bits per heavy atom. The summed E-state index contributed by atoms with van der Waals surface area (Å²) >= 11 is 1.70. The Morgan fingerprint density at radius 3 is 2.87 bits per heavy atom. The third kappa shape index (κ3) is 3.99. The molecule has 1 unspecified atom stereocenters. The normalized spacial score (nSPS) is 13.0. The highest BCUT2D eigenvalue weighted by Gasteiger charge is 2.14. The maximum absolute atomic E-state index is 10.8. The van der Waals surface area contributed by atoms with E-state index in [1.807, 2.05) is 18.4 Å². The van der Waals surface area contributed by atoms with Crippen LogP contribution >= 0.6 is 11.3 Å². The van der Waals surface area contributed by atoms with Crippen LogP contribution in [0.3, 0.4) is 0 Å². The Hall–Kier alpha value is -0.910. The lowest BCUT2D eigenvalue weighted by molar-refractivity contribution is -0.119. The van der Waals surface area contributed by atoms with E-state index in [0.717, 1.165) is 13.1 Å². The van der Waals surface area contributed by atoms with Crippen LogP contribution in [-0.4, -0.2) is 29.9 Å². The van der Waals surface area contributed by atoms with E-state index in [9.17, 15) is 4.79 Å². The maximum Gasteiger partial charge on any atom is 0.235 e. The van der Waals surface area contributed by atoms with Crippen LogP contribution < -0.4 is 11.5 Å². The van der Waals surface area contributed by atoms with Gasteiger partial charge in [-0.1, -0.05) is 13.0 Å². The molecule has 0 aliphatic carbocycles. The van der Waals surface area contributed by atoms with Crippen molar-refractivity contribution in [3.05, 3.63) is 22.4 Å². The van der Waals surface area contributed by atoms with Crippen molar-refractivity contribution in [2.24, 2.45) is 11.5 Å². The zero-order valence-electron chi connectivity index (χ0n) is 8.85. The Kier molecular flexibility index (Phi) is 4.74. The number of hydrogen-bond donors (Lipinski definition) is 2. The van der Waals surface area contributed by atoms with E-state index in [4.69, 9.17) is 11.5 Å². The van der Waals surface area contributed by atoms with Crippen LogP contribution in [0.15, 0.2) is 17.5 Å². The van der Waals surface area contributed by atoms with Gasteiger partial charge in [0.25, 0.3) is 0 Å². The summed E-state index contributed by atoms with van der Waals surface area (Å²) in [6, 6.07) is 3.51. The number of amides is 1. The van der Waals surface area contributed by atoms with Crippen molar-refractivity contribution >= 4 is 17.2 Å². The molecule has 15 heavy (non-hydrogen) atoms. The van der Waals surface area contributed by atoms with Gasteiger partial charge in [-0.15, -0.1) is 11.3 Å². The molecule has 0 radical (unpaired) electrons. The zero-order valence-corrected chi connectivity index (χ0v) is 9.67. The number of thiophene rings is 1. The molecule has 0 aliphatic heterocycles. The van der Waals surface area contributed by atoms with Crippen molar-refractivity contribution in [1.29, 1.82) is 0 Å². The molecule has 0 spiro atoms. The van der Waals surface area contributed by atoms with Crippen molar-refractivity contribution in [1.82, 2.24) is 4.90 Å². The SMILES string of the molecule is CCN(Cc1cccs1)CC(N)C(N)=O. The van der Waals surface area contributed by atoms with Crippen LogP contribution in [0.5, 0.6) is 0 Å². The molecule has 0 aliphatic rings. The van der Waals surface area contributed by atoms with Gasteiger partial charge < -0.3 is 11.5 Å². The fourth-order valence-electron chi connectivity index (χ4n) is 1.30. The van der Waals surface area contributed by atoms with Gasteiger partial charge in [0.1, 0.15) is 0 Å². The minimum Gasteiger partial charge on any atom is -0.368 e. The van der Waals surface area contributed by atoms with Gasteiger partial charge in [0.2, 0.25) is 5.91 Å². The summed E-state index contributed by atoms with van der Waals surface area (Å²) in [6.45, 7) is 4.25. The van der Waals surface area contributed by atoms with Crippen LogP contribution in [0, 0.1) is 0 Å². The van der Waals surface area contributed by atoms with Crippen molar-refractivity contribution in [3.63, 3.8) is 0 Å². The van der Waals surface area contributed by atoms with Crippen molar-refractivity contribution in [2.75, 3.05) is 13.1 Å². The van der Waals surface area contributed by atoms with Gasteiger partial charge in [-0.2, -0.15) is 0 Å². The molecule has 0 saturated carbocycles. The molecule has 0 bridgehead atoms. The van der Waals surface area contributed by atoms with E-state index >= 15 is 0 Å². The second-order valence-corrected chi connectivity index (χ2v) is 4.45. The van der Waals surface area contributed by atoms with Gasteiger partial charge in [-0.25, -0.2) is 0 Å². The predicted molar refractivity (Wildman–Crippen MR) is 62.4 cm³/mol. The van der Waals surface area contributed by atoms with E-state index in [-0.39, 0.29) is 0 Å². The highest BCUT2D eigenvalue weighted by molar-refractivity contribution is 7.09. The Labute approximate surface area is 93.9 Å². The minimum atomic E-state index is -0.579. The molecule has 1 aromatic heterocycles. The van der Waals surface area contributed by atoms with Gasteiger partial charge in [0.05, 0.1) is 6.04 Å². The first-order valence-corrected chi connectivity index (χ1v) is 5.81. The third-order valence-electron chi connectivity index (χ3n) is 2.23. The summed E-state index contributed by atoms with van der Waals surface area (Å²) in [5.74, 6) is -0.445. The van der Waals surface area contributed by atoms with Gasteiger partial charge in [-0.05, 0) is 18.0 Å². The summed E-state index contributed by atoms with van der Waals surface area (Å²) in [7, 11) is 0. The minimum absolute atomic E-state index is 0.445. The van der Waals surface area contributed by atoms with Crippen molar-refractivity contribution < 1.29 is 4.79 Å². The second kappa shape index (κ2) is 5.85. The molecule has 0 fully saturated rings. The lowest BCUT2D eigenvalue weighted by Gasteiger charge is -2.21. The highest BCUT2D eigenvalue weighted by atomic mass is 32.1. The van der Waals surface area contributed by atoms with Gasteiger partial charge in [-0.3, -0.25) is 9.69 Å². The summed E-state index contributed by atoms with van der Waals surface area (Å²) in [6.07, 6.45) is 0. The van der Waals surface area contributed by atoms with E-state index in [0.29, 0.717) is 6.54 Å². The van der Waals surface area contributed by atoms with Gasteiger partial charge in [0, 0.05) is 18.0 Å². The number of nitrogens with zero attached hydrogens (tertiary/aromatic N) is 1. The number of rotatable bonds is 6. The Balaban J connectivity index is 2.46. The van der Waals surface area contributed by atoms with Crippen LogP contribution in [0.1, 0.15) is 11.8 Å². The van der Waals surface area contributed by atoms with Crippen LogP contribution in [0.4, 0.5) is 0 Å². The number of nitrogens with two attached hydrogens (primary N) is 2. The van der Waals surface area contributed by atoms with E-state index in [1.165, 1.54) is 4.88 Å². The fourth-order valence-corrected chi connectivity index (χ4v) is 2.04. The molecular weight excluding hydrogens is 210 g/mol. The number of hydrogen-bond acceptors (Lipinski definition) is 4. The average Bonchev–Trinajstić information content (AvgIpc) is 2.69. The summed E-state index contributed by atoms with van der Waals surface area (Å²) < 4.78 is 0. The largest absolute Gasteiger partial charge is 0.368 e. The molecule has 5 heteroatoms. The molecule has 4 nitrogen and oxygen atoms in total. The van der Waals surface area contributed by atoms with Crippen LogP contribution in [-0.2, 0) is 11.3 Å². The topological polar surface area (TPSA) is 72.3 Å². The van der Waals surface area contributed by atoms with Crippen molar-refractivity contribution in [3.8, 4) is 0 Å². The molecule has 1 rings (SSSR count). The van der Waals surface area contributed by atoms with Crippen LogP contribution in [0.25, 0.3) is 0 Å². The summed E-state index contributed by atoms with van der Waals surface area (Å²) in [5.41, 5.74) is 10.7. The Morgan fingerprint density at radius 2 is 2.40 bits per heavy atom. The first-order chi connectivity index (χ1) is 7.13. The fraction of sp³-hybridized carbons (Fsp3) is 0.500. The smallest absolute Gasteiger partial charge is 0.235 e. The molecule has 0 saturated heterocycles. The lowest BCUT2D eigenvalue weighted by Crippen LogP contribution is -2.45. The van der Waals surface area contributed by atoms with E-state index in [2.05, 4.69) is 11.0 Å². The first kappa shape index (κ1) is 12.2. The molecule has 1 amide bonds. The zero-order chi connectivity index (χ0) is 11.3. The summed E-state index contributed by atoms with van der Waals surface area (Å²) in [4.78, 5) is 14.2. The van der Waals surface area contributed by atoms with Gasteiger partial charge in [0.15, 0.2) is 0 Å². The lowest BCUT2D eigenvalue weighted by atomic mass is 10.2. The molecule has 1 atom stereocenters. The Bertz CT molecular complexity index is 300. The van der Waals surface area contributed by atoms with E-state index in [1.54, 1.807) is 11.3 Å². The first-order valence-electron chi connectivity index (χ1n) is 4.93. The molecule has 84 valence electrons. The number of carbonyl (C=O) groups is 1. The molecule has 0 aromatic carbocycles. The van der Waals surface area contributed by atoms with E-state index < -0.39 is 11.9 Å². The number of carbonyl (C=O) groups excluding carboxylic acids is 1. The number of likely N-dealkylation sites (N-methyl/N-ethyl adjacent to an activating group) is 1. The molecule has 1 aromatic rings. The summed E-state index contributed by atoms with van der Waals surface area (Å²) in [5, 5.41) is 2.04. The average molecular weight is 227 g/mol. The highest BCUT2D eigenvalue weighted by Crippen LogP contribution is 2.11. The number of primary amides is 1. The third-order valence-corrected chi connectivity index (χ3v) is 3.09.